The molecule has 0 aliphatic heterocycles. The fraction of sp³-hybridized carbons (Fsp3) is 0.438. The molecule has 1 aromatic carbocycles. The zero-order chi connectivity index (χ0) is 16.6. The molecule has 2 saturated carbocycles. The van der Waals surface area contributed by atoms with Gasteiger partial charge in [-0.3, -0.25) is 25.2 Å². The van der Waals surface area contributed by atoms with Crippen molar-refractivity contribution in [2.75, 3.05) is 0 Å². The smallest absolute Gasteiger partial charge is 0.307 e. The highest BCUT2D eigenvalue weighted by Crippen LogP contribution is 2.52. The van der Waals surface area contributed by atoms with E-state index in [1.165, 1.54) is 0 Å². The van der Waals surface area contributed by atoms with E-state index in [9.17, 15) is 19.5 Å². The molecule has 0 aromatic heterocycles. The monoisotopic (exact) mass is 336 g/mol. The van der Waals surface area contributed by atoms with Crippen LogP contribution in [0.1, 0.15) is 29.6 Å². The summed E-state index contributed by atoms with van der Waals surface area (Å²) in [6.45, 7) is 0. The van der Waals surface area contributed by atoms with Crippen LogP contribution in [0.25, 0.3) is 0 Å². The molecule has 3 rings (SSSR count). The average molecular weight is 337 g/mol. The number of hydrogen-bond acceptors (Lipinski definition) is 3. The summed E-state index contributed by atoms with van der Waals surface area (Å²) in [5, 5.41) is 9.87. The Balaban J connectivity index is 1.62. The minimum absolute atomic E-state index is 0.0696. The zero-order valence-electron chi connectivity index (χ0n) is 12.3. The Kier molecular flexibility index (Phi) is 4.26. The van der Waals surface area contributed by atoms with Crippen molar-refractivity contribution in [2.24, 2.45) is 23.7 Å². The van der Waals surface area contributed by atoms with Crippen molar-refractivity contribution in [1.82, 2.24) is 10.9 Å². The highest BCUT2D eigenvalue weighted by atomic mass is 35.5. The van der Waals surface area contributed by atoms with Gasteiger partial charge in [-0.2, -0.15) is 0 Å². The van der Waals surface area contributed by atoms with Gasteiger partial charge in [0.25, 0.3) is 5.91 Å². The van der Waals surface area contributed by atoms with Crippen molar-refractivity contribution >= 4 is 29.4 Å². The van der Waals surface area contributed by atoms with E-state index < -0.39 is 29.6 Å². The van der Waals surface area contributed by atoms with Crippen LogP contribution >= 0.6 is 11.6 Å². The Morgan fingerprint density at radius 3 is 2.22 bits per heavy atom. The molecule has 2 aliphatic rings. The van der Waals surface area contributed by atoms with Gasteiger partial charge in [-0.15, -0.1) is 0 Å². The summed E-state index contributed by atoms with van der Waals surface area (Å²) in [5.41, 5.74) is 5.07. The number of fused-ring (bicyclic) bond motifs is 2. The predicted octanol–water partition coefficient (Wildman–Crippen LogP) is 1.85. The summed E-state index contributed by atoms with van der Waals surface area (Å²) in [6, 6.07) is 6.24. The Labute approximate surface area is 138 Å². The van der Waals surface area contributed by atoms with Crippen LogP contribution in [0.5, 0.6) is 0 Å². The van der Waals surface area contributed by atoms with Crippen LogP contribution in [0.4, 0.5) is 0 Å². The molecule has 2 fully saturated rings. The van der Waals surface area contributed by atoms with Gasteiger partial charge in [-0.1, -0.05) is 11.6 Å². The lowest BCUT2D eigenvalue weighted by Crippen LogP contribution is -2.48. The molecule has 3 N–H and O–H groups in total. The quantitative estimate of drug-likeness (QED) is 0.734. The Morgan fingerprint density at radius 1 is 1.00 bits per heavy atom. The molecule has 0 radical (unpaired) electrons. The number of nitrogens with one attached hydrogen (secondary N) is 2. The highest BCUT2D eigenvalue weighted by Gasteiger charge is 2.54. The molecule has 2 amide bonds. The molecule has 0 unspecified atom stereocenters. The van der Waals surface area contributed by atoms with E-state index in [-0.39, 0.29) is 11.8 Å². The SMILES string of the molecule is O=C(NNC(=O)[C@@H]1[C@H]2CC[C@@H](C2)[C@H]1C(=O)O)c1ccc(Cl)cc1. The van der Waals surface area contributed by atoms with Gasteiger partial charge in [-0.05, 0) is 55.4 Å². The van der Waals surface area contributed by atoms with Crippen LogP contribution in [0.3, 0.4) is 0 Å². The van der Waals surface area contributed by atoms with E-state index in [1.807, 2.05) is 0 Å². The maximum atomic E-state index is 12.3. The van der Waals surface area contributed by atoms with Crippen LogP contribution in [-0.4, -0.2) is 22.9 Å². The van der Waals surface area contributed by atoms with Crippen LogP contribution < -0.4 is 10.9 Å². The number of hydrogen-bond donors (Lipinski definition) is 3. The summed E-state index contributed by atoms with van der Waals surface area (Å²) in [6.07, 6.45) is 2.51. The van der Waals surface area contributed by atoms with E-state index in [0.29, 0.717) is 10.6 Å². The molecule has 1 aromatic rings. The van der Waals surface area contributed by atoms with Gasteiger partial charge in [0.15, 0.2) is 0 Å². The second kappa shape index (κ2) is 6.20. The van der Waals surface area contributed by atoms with E-state index in [2.05, 4.69) is 10.9 Å². The molecular weight excluding hydrogens is 320 g/mol. The normalized spacial score (nSPS) is 28.4. The summed E-state index contributed by atoms with van der Waals surface area (Å²) >= 11 is 5.75. The van der Waals surface area contributed by atoms with Gasteiger partial charge in [-0.25, -0.2) is 0 Å². The molecule has 23 heavy (non-hydrogen) atoms. The van der Waals surface area contributed by atoms with Gasteiger partial charge in [0.05, 0.1) is 11.8 Å². The third-order valence-electron chi connectivity index (χ3n) is 4.91. The summed E-state index contributed by atoms with van der Waals surface area (Å²) in [4.78, 5) is 35.7. The number of carbonyl (C=O) groups excluding carboxylic acids is 2. The number of carbonyl (C=O) groups is 3. The average Bonchev–Trinajstić information content (AvgIpc) is 3.13. The van der Waals surface area contributed by atoms with Gasteiger partial charge in [0.1, 0.15) is 0 Å². The predicted molar refractivity (Wildman–Crippen MR) is 82.5 cm³/mol. The van der Waals surface area contributed by atoms with Crippen molar-refractivity contribution < 1.29 is 19.5 Å². The van der Waals surface area contributed by atoms with Gasteiger partial charge >= 0.3 is 5.97 Å². The molecule has 4 atom stereocenters. The van der Waals surface area contributed by atoms with E-state index in [0.717, 1.165) is 19.3 Å². The number of carboxylic acid groups (broad SMARTS) is 1. The first-order valence-corrected chi connectivity index (χ1v) is 7.93. The molecule has 2 bridgehead atoms. The summed E-state index contributed by atoms with van der Waals surface area (Å²) < 4.78 is 0. The highest BCUT2D eigenvalue weighted by molar-refractivity contribution is 6.30. The number of halogens is 1. The summed E-state index contributed by atoms with van der Waals surface area (Å²) in [5.74, 6) is -2.88. The fourth-order valence-electron chi connectivity index (χ4n) is 3.90. The van der Waals surface area contributed by atoms with Crippen LogP contribution in [0.2, 0.25) is 5.02 Å². The lowest BCUT2D eigenvalue weighted by atomic mass is 9.79. The Bertz CT molecular complexity index is 646. The Morgan fingerprint density at radius 2 is 1.61 bits per heavy atom. The van der Waals surface area contributed by atoms with Crippen molar-refractivity contribution in [3.05, 3.63) is 34.9 Å². The number of benzene rings is 1. The number of aliphatic carboxylic acids is 1. The number of amides is 2. The third-order valence-corrected chi connectivity index (χ3v) is 5.16. The number of carboxylic acids is 1. The zero-order valence-corrected chi connectivity index (χ0v) is 13.0. The molecule has 0 heterocycles. The van der Waals surface area contributed by atoms with Crippen molar-refractivity contribution in [1.29, 1.82) is 0 Å². The van der Waals surface area contributed by atoms with Crippen molar-refractivity contribution in [3.8, 4) is 0 Å². The van der Waals surface area contributed by atoms with Gasteiger partial charge in [0, 0.05) is 10.6 Å². The topological polar surface area (TPSA) is 95.5 Å². The first-order chi connectivity index (χ1) is 11.0. The first kappa shape index (κ1) is 15.8. The standard InChI is InChI=1S/C16H17ClN2O4/c17-11-5-3-8(4-6-11)14(20)18-19-15(21)12-9-1-2-10(7-9)13(12)16(22)23/h3-6,9-10,12-13H,1-2,7H2,(H,18,20)(H,19,21)(H,22,23)/t9-,10-,12+,13+/m0/s1. The maximum Gasteiger partial charge on any atom is 0.307 e. The van der Waals surface area contributed by atoms with Crippen molar-refractivity contribution in [2.45, 2.75) is 19.3 Å². The van der Waals surface area contributed by atoms with E-state index >= 15 is 0 Å². The second-order valence-electron chi connectivity index (χ2n) is 6.17. The molecule has 2 aliphatic carbocycles. The Hall–Kier alpha value is -2.08. The number of rotatable bonds is 3. The number of hydrazine groups is 1. The van der Waals surface area contributed by atoms with Crippen LogP contribution in [0.15, 0.2) is 24.3 Å². The molecule has 0 spiro atoms. The van der Waals surface area contributed by atoms with Crippen LogP contribution in [0, 0.1) is 23.7 Å². The molecule has 7 heteroatoms. The van der Waals surface area contributed by atoms with Gasteiger partial charge in [0.2, 0.25) is 5.91 Å². The minimum Gasteiger partial charge on any atom is -0.481 e. The van der Waals surface area contributed by atoms with E-state index in [4.69, 9.17) is 11.6 Å². The molecular formula is C16H17ClN2O4. The first-order valence-electron chi connectivity index (χ1n) is 7.56. The molecule has 122 valence electrons. The fourth-order valence-corrected chi connectivity index (χ4v) is 4.03. The lowest BCUT2D eigenvalue weighted by molar-refractivity contribution is -0.149. The van der Waals surface area contributed by atoms with Crippen molar-refractivity contribution in [3.63, 3.8) is 0 Å². The van der Waals surface area contributed by atoms with E-state index in [1.54, 1.807) is 24.3 Å². The molecule has 0 saturated heterocycles. The third kappa shape index (κ3) is 3.03. The minimum atomic E-state index is -0.929. The second-order valence-corrected chi connectivity index (χ2v) is 6.61. The molecule has 6 nitrogen and oxygen atoms in total. The summed E-state index contributed by atoms with van der Waals surface area (Å²) in [7, 11) is 0. The largest absolute Gasteiger partial charge is 0.481 e. The lowest BCUT2D eigenvalue weighted by Gasteiger charge is -2.26. The van der Waals surface area contributed by atoms with Gasteiger partial charge < -0.3 is 5.11 Å². The maximum absolute atomic E-state index is 12.3. The van der Waals surface area contributed by atoms with Crippen LogP contribution in [-0.2, 0) is 9.59 Å².